The highest BCUT2D eigenvalue weighted by Gasteiger charge is 2.50. The van der Waals surface area contributed by atoms with E-state index < -0.39 is 64.3 Å². The molecule has 0 spiro atoms. The number of aliphatic hydroxyl groups is 1. The second-order valence-electron chi connectivity index (χ2n) is 11.1. The minimum atomic E-state index is -4.83. The van der Waals surface area contributed by atoms with Crippen molar-refractivity contribution in [3.63, 3.8) is 0 Å². The molecular formula is C31H32N2O13S. The van der Waals surface area contributed by atoms with Crippen LogP contribution >= 0.6 is 0 Å². The van der Waals surface area contributed by atoms with Gasteiger partial charge in [-0.15, -0.1) is 0 Å². The SMILES string of the molecule is CC1=C/C(=C(\c2cc(C)c(O)c(CN(CC(=O)O)CC(=O)O)c2)c2ccccc2S(=O)(=O)O)C=C(CN(CC(=O)O)C2(O)CO2)C1=O. The Balaban J connectivity index is 1.99. The van der Waals surface area contributed by atoms with Crippen LogP contribution < -0.4 is 0 Å². The summed E-state index contributed by atoms with van der Waals surface area (Å²) in [6, 6.07) is 8.34. The van der Waals surface area contributed by atoms with Crippen molar-refractivity contribution < 1.29 is 62.4 Å². The van der Waals surface area contributed by atoms with Gasteiger partial charge in [0.2, 0.25) is 0 Å². The monoisotopic (exact) mass is 672 g/mol. The molecule has 2 aromatic rings. The van der Waals surface area contributed by atoms with Gasteiger partial charge in [-0.3, -0.25) is 28.6 Å². The number of aryl methyl sites for hydroxylation is 1. The number of phenolic OH excluding ortho intramolecular Hbond substituents is 1. The van der Waals surface area contributed by atoms with Crippen molar-refractivity contribution in [1.82, 2.24) is 9.80 Å². The molecule has 4 rings (SSSR count). The average molecular weight is 673 g/mol. The lowest BCUT2D eigenvalue weighted by Crippen LogP contribution is -2.44. The molecule has 1 unspecified atom stereocenters. The second-order valence-corrected chi connectivity index (χ2v) is 12.5. The van der Waals surface area contributed by atoms with Crippen LogP contribution in [0.1, 0.15) is 29.2 Å². The number of benzene rings is 2. The van der Waals surface area contributed by atoms with Gasteiger partial charge in [-0.05, 0) is 72.0 Å². The Labute approximate surface area is 268 Å². The fourth-order valence-corrected chi connectivity index (χ4v) is 6.01. The van der Waals surface area contributed by atoms with Crippen LogP contribution in [-0.2, 0) is 40.6 Å². The number of nitrogens with zero attached hydrogens (tertiary/aromatic N) is 2. The van der Waals surface area contributed by atoms with Crippen LogP contribution in [0.5, 0.6) is 5.75 Å². The van der Waals surface area contributed by atoms with Crippen LogP contribution in [-0.4, -0.2) is 111 Å². The van der Waals surface area contributed by atoms with Crippen molar-refractivity contribution in [2.45, 2.75) is 31.2 Å². The highest BCUT2D eigenvalue weighted by molar-refractivity contribution is 7.86. The van der Waals surface area contributed by atoms with E-state index in [1.165, 1.54) is 56.3 Å². The Bertz CT molecular complexity index is 1840. The van der Waals surface area contributed by atoms with Gasteiger partial charge in [0.15, 0.2) is 5.78 Å². The molecule has 47 heavy (non-hydrogen) atoms. The summed E-state index contributed by atoms with van der Waals surface area (Å²) in [5, 5.41) is 49.5. The Hall–Kier alpha value is -4.71. The summed E-state index contributed by atoms with van der Waals surface area (Å²) in [6.45, 7) is 0.0794. The number of carbonyl (C=O) groups is 4. The molecule has 250 valence electrons. The van der Waals surface area contributed by atoms with Gasteiger partial charge >= 0.3 is 17.9 Å². The molecule has 0 amide bonds. The Morgan fingerprint density at radius 3 is 2.09 bits per heavy atom. The second kappa shape index (κ2) is 13.6. The number of Topliss-reactive ketones (excluding diaryl/α,β-unsaturated/α-hetero) is 1. The van der Waals surface area contributed by atoms with Crippen LogP contribution in [0.2, 0.25) is 0 Å². The summed E-state index contributed by atoms with van der Waals surface area (Å²) in [5.41, 5.74) is 1.14. The first-order valence-electron chi connectivity index (χ1n) is 14.0. The van der Waals surface area contributed by atoms with Crippen molar-refractivity contribution in [2.24, 2.45) is 0 Å². The number of aliphatic carboxylic acids is 3. The zero-order valence-electron chi connectivity index (χ0n) is 25.2. The standard InChI is InChI=1S/C31H32N2O13S/c1-17-7-19(9-21(29(17)40)11-32(13-25(34)35)14-26(36)37)28(23-5-3-4-6-24(23)47(43,44)45)20-8-18(2)30(41)22(10-20)12-33(15-27(38)39)31(42)16-46-31/h3-10,40,42H,11-16H2,1-2H3,(H,34,35)(H,36,37)(H,38,39)(H,43,44,45)/b28-20-. The predicted molar refractivity (Wildman–Crippen MR) is 163 cm³/mol. The molecule has 15 nitrogen and oxygen atoms in total. The number of aromatic hydroxyl groups is 1. The average Bonchev–Trinajstić information content (AvgIpc) is 3.70. The smallest absolute Gasteiger partial charge is 0.317 e. The third-order valence-electron chi connectivity index (χ3n) is 7.44. The molecule has 1 fully saturated rings. The van der Waals surface area contributed by atoms with Crippen LogP contribution in [0.25, 0.3) is 5.57 Å². The zero-order valence-corrected chi connectivity index (χ0v) is 26.0. The van der Waals surface area contributed by atoms with E-state index in [0.29, 0.717) is 0 Å². The normalized spacial score (nSPS) is 19.0. The number of rotatable bonds is 14. The van der Waals surface area contributed by atoms with E-state index in [1.54, 1.807) is 0 Å². The molecule has 1 atom stereocenters. The maximum absolute atomic E-state index is 13.3. The molecule has 0 radical (unpaired) electrons. The molecular weight excluding hydrogens is 640 g/mol. The molecule has 0 saturated carbocycles. The van der Waals surface area contributed by atoms with E-state index in [-0.39, 0.29) is 70.0 Å². The fourth-order valence-electron chi connectivity index (χ4n) is 5.31. The van der Waals surface area contributed by atoms with E-state index in [0.717, 1.165) is 15.9 Å². The number of carboxylic acids is 3. The summed E-state index contributed by atoms with van der Waals surface area (Å²) >= 11 is 0. The van der Waals surface area contributed by atoms with E-state index in [4.69, 9.17) is 4.74 Å². The molecule has 16 heteroatoms. The van der Waals surface area contributed by atoms with Crippen molar-refractivity contribution in [2.75, 3.05) is 32.8 Å². The van der Waals surface area contributed by atoms with Crippen molar-refractivity contribution in [1.29, 1.82) is 0 Å². The first-order chi connectivity index (χ1) is 21.9. The van der Waals surface area contributed by atoms with E-state index in [2.05, 4.69) is 0 Å². The highest BCUT2D eigenvalue weighted by atomic mass is 32.2. The molecule has 2 aromatic carbocycles. The van der Waals surface area contributed by atoms with Crippen LogP contribution in [0.3, 0.4) is 0 Å². The molecule has 0 aromatic heterocycles. The zero-order chi connectivity index (χ0) is 34.8. The van der Waals surface area contributed by atoms with Gasteiger partial charge in [-0.25, -0.2) is 4.90 Å². The number of allylic oxidation sites excluding steroid dienone is 4. The lowest BCUT2D eigenvalue weighted by molar-refractivity contribution is -0.149. The maximum atomic E-state index is 13.3. The van der Waals surface area contributed by atoms with Gasteiger partial charge in [0.25, 0.3) is 16.0 Å². The molecule has 1 heterocycles. The van der Waals surface area contributed by atoms with E-state index in [1.807, 2.05) is 0 Å². The fraction of sp³-hybridized carbons (Fsp3) is 0.290. The first kappa shape index (κ1) is 35.1. The number of epoxide rings is 1. The van der Waals surface area contributed by atoms with Crippen molar-refractivity contribution in [3.05, 3.63) is 87.5 Å². The van der Waals surface area contributed by atoms with Crippen LogP contribution in [0.15, 0.2) is 70.2 Å². The summed E-state index contributed by atoms with van der Waals surface area (Å²) in [7, 11) is -4.83. The molecule has 6 N–H and O–H groups in total. The quantitative estimate of drug-likeness (QED) is 0.0939. The largest absolute Gasteiger partial charge is 0.507 e. The predicted octanol–water partition coefficient (Wildman–Crippen LogP) is 1.24. The number of hydrogen-bond acceptors (Lipinski definition) is 11. The van der Waals surface area contributed by atoms with E-state index >= 15 is 0 Å². The van der Waals surface area contributed by atoms with Gasteiger partial charge in [0.05, 0.1) is 13.1 Å². The number of hydrogen-bond donors (Lipinski definition) is 6. The Morgan fingerprint density at radius 1 is 0.936 bits per heavy atom. The van der Waals surface area contributed by atoms with Crippen LogP contribution in [0.4, 0.5) is 0 Å². The van der Waals surface area contributed by atoms with Crippen molar-refractivity contribution >= 4 is 39.4 Å². The molecule has 1 aliphatic heterocycles. The third kappa shape index (κ3) is 8.37. The summed E-state index contributed by atoms with van der Waals surface area (Å²) in [6.07, 6.45) is 2.84. The maximum Gasteiger partial charge on any atom is 0.317 e. The van der Waals surface area contributed by atoms with Gasteiger partial charge in [0, 0.05) is 29.8 Å². The van der Waals surface area contributed by atoms with E-state index in [9.17, 15) is 57.7 Å². The molecule has 2 aliphatic rings. The van der Waals surface area contributed by atoms with Crippen LogP contribution in [0, 0.1) is 6.92 Å². The number of phenols is 1. The lowest BCUT2D eigenvalue weighted by atomic mass is 9.85. The van der Waals surface area contributed by atoms with Gasteiger partial charge < -0.3 is 30.3 Å². The molecule has 1 aliphatic carbocycles. The number of ether oxygens (including phenoxy) is 1. The summed E-state index contributed by atoms with van der Waals surface area (Å²) in [5.74, 6) is -6.59. The Kier molecular flexibility index (Phi) is 10.1. The van der Waals surface area contributed by atoms with Crippen molar-refractivity contribution in [3.8, 4) is 5.75 Å². The topological polar surface area (TPSA) is 243 Å². The lowest BCUT2D eigenvalue weighted by Gasteiger charge is -2.26. The number of ketones is 1. The number of carbonyl (C=O) groups excluding carboxylic acids is 1. The highest BCUT2D eigenvalue weighted by Crippen LogP contribution is 2.39. The molecule has 1 saturated heterocycles. The Morgan fingerprint density at radius 2 is 1.53 bits per heavy atom. The summed E-state index contributed by atoms with van der Waals surface area (Å²) in [4.78, 5) is 49.3. The first-order valence-corrected chi connectivity index (χ1v) is 15.4. The van der Waals surface area contributed by atoms with Gasteiger partial charge in [0.1, 0.15) is 23.8 Å². The summed E-state index contributed by atoms with van der Waals surface area (Å²) < 4.78 is 40.2. The minimum Gasteiger partial charge on any atom is -0.507 e. The molecule has 0 bridgehead atoms. The van der Waals surface area contributed by atoms with Gasteiger partial charge in [-0.2, -0.15) is 8.42 Å². The minimum absolute atomic E-state index is 0.0190. The third-order valence-corrected chi connectivity index (χ3v) is 8.35. The number of carboxylic acid groups (broad SMARTS) is 3. The van der Waals surface area contributed by atoms with Gasteiger partial charge in [-0.1, -0.05) is 18.2 Å².